The molecule has 0 fully saturated rings. The molecule has 1 amide bonds. The Morgan fingerprint density at radius 2 is 1.96 bits per heavy atom. The van der Waals surface area contributed by atoms with Gasteiger partial charge >= 0.3 is 5.97 Å². The molecule has 5 N–H and O–H groups in total. The lowest BCUT2D eigenvalue weighted by Gasteiger charge is -2.19. The monoisotopic (exact) mass is 329 g/mol. The Bertz CT molecular complexity index is 787. The Morgan fingerprint density at radius 1 is 1.25 bits per heavy atom. The molecule has 7 heteroatoms. The third kappa shape index (κ3) is 3.81. The normalized spacial score (nSPS) is 11.1. The Balaban J connectivity index is 2.18. The standard InChI is InChI=1S/C17H19N3O4/c1-17(2,16(23)24)9-20-15(22)14-13(21)7-11(8-19-14)10-4-3-5-12(18)6-10/h3-8,21H,9,18H2,1-2H3,(H,20,22)(H,23,24). The summed E-state index contributed by atoms with van der Waals surface area (Å²) >= 11 is 0. The Labute approximate surface area is 139 Å². The van der Waals surface area contributed by atoms with Crippen LogP contribution in [0.3, 0.4) is 0 Å². The van der Waals surface area contributed by atoms with E-state index < -0.39 is 17.3 Å². The second kappa shape index (κ2) is 6.57. The van der Waals surface area contributed by atoms with Gasteiger partial charge in [0.2, 0.25) is 0 Å². The largest absolute Gasteiger partial charge is 0.505 e. The number of nitrogen functional groups attached to an aromatic ring is 1. The molecule has 2 rings (SSSR count). The number of amides is 1. The lowest BCUT2D eigenvalue weighted by molar-refractivity contribution is -0.146. The summed E-state index contributed by atoms with van der Waals surface area (Å²) in [5.41, 5.74) is 6.39. The number of hydrogen-bond donors (Lipinski definition) is 4. The highest BCUT2D eigenvalue weighted by Gasteiger charge is 2.28. The van der Waals surface area contributed by atoms with Crippen LogP contribution in [0.5, 0.6) is 5.75 Å². The molecule has 1 aromatic carbocycles. The van der Waals surface area contributed by atoms with Crippen molar-refractivity contribution in [3.05, 3.63) is 42.2 Å². The summed E-state index contributed by atoms with van der Waals surface area (Å²) in [4.78, 5) is 27.1. The summed E-state index contributed by atoms with van der Waals surface area (Å²) in [6.45, 7) is 2.90. The van der Waals surface area contributed by atoms with Crippen LogP contribution in [0.4, 0.5) is 5.69 Å². The Kier molecular flexibility index (Phi) is 4.73. The number of hydrogen-bond acceptors (Lipinski definition) is 5. The molecule has 0 bridgehead atoms. The van der Waals surface area contributed by atoms with Gasteiger partial charge in [0, 0.05) is 24.0 Å². The fourth-order valence-electron chi connectivity index (χ4n) is 1.96. The van der Waals surface area contributed by atoms with E-state index in [-0.39, 0.29) is 18.0 Å². The number of aromatic hydroxyl groups is 1. The maximum Gasteiger partial charge on any atom is 0.310 e. The van der Waals surface area contributed by atoms with E-state index in [4.69, 9.17) is 10.8 Å². The summed E-state index contributed by atoms with van der Waals surface area (Å²) in [6.07, 6.45) is 1.45. The van der Waals surface area contributed by atoms with E-state index in [1.165, 1.54) is 26.1 Å². The molecule has 0 radical (unpaired) electrons. The maximum absolute atomic E-state index is 12.1. The van der Waals surface area contributed by atoms with Crippen molar-refractivity contribution in [1.82, 2.24) is 10.3 Å². The van der Waals surface area contributed by atoms with Crippen molar-refractivity contribution in [2.45, 2.75) is 13.8 Å². The van der Waals surface area contributed by atoms with Crippen LogP contribution >= 0.6 is 0 Å². The number of pyridine rings is 1. The van der Waals surface area contributed by atoms with Crippen molar-refractivity contribution >= 4 is 17.6 Å². The van der Waals surface area contributed by atoms with E-state index in [0.29, 0.717) is 11.3 Å². The minimum absolute atomic E-state index is 0.0841. The van der Waals surface area contributed by atoms with Crippen LogP contribution in [0.2, 0.25) is 0 Å². The van der Waals surface area contributed by atoms with Crippen molar-refractivity contribution in [2.75, 3.05) is 12.3 Å². The van der Waals surface area contributed by atoms with Crippen LogP contribution < -0.4 is 11.1 Å². The number of aliphatic carboxylic acids is 1. The highest BCUT2D eigenvalue weighted by Crippen LogP contribution is 2.26. The van der Waals surface area contributed by atoms with E-state index in [1.54, 1.807) is 18.2 Å². The van der Waals surface area contributed by atoms with Gasteiger partial charge in [-0.3, -0.25) is 9.59 Å². The topological polar surface area (TPSA) is 126 Å². The number of carboxylic acid groups (broad SMARTS) is 1. The van der Waals surface area contributed by atoms with Crippen molar-refractivity contribution in [3.8, 4) is 16.9 Å². The first kappa shape index (κ1) is 17.3. The summed E-state index contributed by atoms with van der Waals surface area (Å²) in [6, 6.07) is 8.46. The zero-order valence-corrected chi connectivity index (χ0v) is 13.4. The zero-order chi connectivity index (χ0) is 17.9. The van der Waals surface area contributed by atoms with Gasteiger partial charge < -0.3 is 21.3 Å². The van der Waals surface area contributed by atoms with Gasteiger partial charge in [-0.05, 0) is 37.6 Å². The number of carboxylic acids is 1. The van der Waals surface area contributed by atoms with Crippen LogP contribution in [0, 0.1) is 5.41 Å². The fraction of sp³-hybridized carbons (Fsp3) is 0.235. The smallest absolute Gasteiger partial charge is 0.310 e. The molecule has 7 nitrogen and oxygen atoms in total. The molecule has 1 heterocycles. The molecule has 0 saturated carbocycles. The van der Waals surface area contributed by atoms with E-state index in [9.17, 15) is 14.7 Å². The molecule has 0 aliphatic carbocycles. The van der Waals surface area contributed by atoms with Crippen molar-refractivity contribution in [3.63, 3.8) is 0 Å². The number of rotatable bonds is 5. The predicted molar refractivity (Wildman–Crippen MR) is 89.5 cm³/mol. The zero-order valence-electron chi connectivity index (χ0n) is 13.4. The van der Waals surface area contributed by atoms with E-state index >= 15 is 0 Å². The SMILES string of the molecule is CC(C)(CNC(=O)c1ncc(-c2cccc(N)c2)cc1O)C(=O)O. The minimum Gasteiger partial charge on any atom is -0.505 e. The van der Waals surface area contributed by atoms with Gasteiger partial charge in [-0.1, -0.05) is 12.1 Å². The molecule has 1 aromatic heterocycles. The fourth-order valence-corrected chi connectivity index (χ4v) is 1.96. The van der Waals surface area contributed by atoms with Crippen LogP contribution in [0.15, 0.2) is 36.5 Å². The summed E-state index contributed by atoms with van der Waals surface area (Å²) in [5, 5.41) is 21.6. The highest BCUT2D eigenvalue weighted by molar-refractivity contribution is 5.95. The molecule has 0 atom stereocenters. The van der Waals surface area contributed by atoms with Crippen molar-refractivity contribution < 1.29 is 19.8 Å². The number of anilines is 1. The number of carbonyl (C=O) groups is 2. The lowest BCUT2D eigenvalue weighted by Crippen LogP contribution is -2.39. The molecule has 2 aromatic rings. The van der Waals surface area contributed by atoms with E-state index in [0.717, 1.165) is 5.56 Å². The summed E-state index contributed by atoms with van der Waals surface area (Å²) < 4.78 is 0. The van der Waals surface area contributed by atoms with E-state index in [1.807, 2.05) is 6.07 Å². The summed E-state index contributed by atoms with van der Waals surface area (Å²) in [7, 11) is 0. The van der Waals surface area contributed by atoms with Crippen LogP contribution in [-0.2, 0) is 4.79 Å². The summed E-state index contributed by atoms with van der Waals surface area (Å²) in [5.74, 6) is -1.96. The van der Waals surface area contributed by atoms with Gasteiger partial charge in [0.1, 0.15) is 5.75 Å². The second-order valence-electron chi connectivity index (χ2n) is 6.09. The highest BCUT2D eigenvalue weighted by atomic mass is 16.4. The second-order valence-corrected chi connectivity index (χ2v) is 6.09. The number of carbonyl (C=O) groups excluding carboxylic acids is 1. The molecule has 24 heavy (non-hydrogen) atoms. The quantitative estimate of drug-likeness (QED) is 0.621. The van der Waals surface area contributed by atoms with Gasteiger partial charge in [-0.15, -0.1) is 0 Å². The van der Waals surface area contributed by atoms with Crippen molar-refractivity contribution in [2.24, 2.45) is 5.41 Å². The number of nitrogens with two attached hydrogens (primary N) is 1. The first-order valence-electron chi connectivity index (χ1n) is 7.27. The first-order chi connectivity index (χ1) is 11.2. The van der Waals surface area contributed by atoms with Gasteiger partial charge in [0.05, 0.1) is 5.41 Å². The van der Waals surface area contributed by atoms with Crippen LogP contribution in [0.1, 0.15) is 24.3 Å². The van der Waals surface area contributed by atoms with Gasteiger partial charge in [-0.2, -0.15) is 0 Å². The number of benzene rings is 1. The molecular formula is C17H19N3O4. The Hall–Kier alpha value is -3.09. The molecule has 0 saturated heterocycles. The van der Waals surface area contributed by atoms with Gasteiger partial charge in [0.15, 0.2) is 5.69 Å². The molecule has 126 valence electrons. The van der Waals surface area contributed by atoms with Crippen LogP contribution in [-0.4, -0.2) is 33.6 Å². The predicted octanol–water partition coefficient (Wildman–Crippen LogP) is 1.88. The lowest BCUT2D eigenvalue weighted by atomic mass is 9.94. The van der Waals surface area contributed by atoms with Gasteiger partial charge in [0.25, 0.3) is 5.91 Å². The Morgan fingerprint density at radius 3 is 2.54 bits per heavy atom. The number of aromatic nitrogens is 1. The molecule has 0 aliphatic heterocycles. The van der Waals surface area contributed by atoms with Crippen LogP contribution in [0.25, 0.3) is 11.1 Å². The third-order valence-corrected chi connectivity index (χ3v) is 3.57. The average Bonchev–Trinajstić information content (AvgIpc) is 2.52. The molecule has 0 aliphatic rings. The van der Waals surface area contributed by atoms with E-state index in [2.05, 4.69) is 10.3 Å². The molecule has 0 spiro atoms. The van der Waals surface area contributed by atoms with Crippen molar-refractivity contribution in [1.29, 1.82) is 0 Å². The molecule has 0 unspecified atom stereocenters. The van der Waals surface area contributed by atoms with Gasteiger partial charge in [-0.25, -0.2) is 4.98 Å². The third-order valence-electron chi connectivity index (χ3n) is 3.57. The maximum atomic E-state index is 12.1. The number of nitrogens with zero attached hydrogens (tertiary/aromatic N) is 1. The first-order valence-corrected chi connectivity index (χ1v) is 7.27. The average molecular weight is 329 g/mol. The number of nitrogens with one attached hydrogen (secondary N) is 1. The minimum atomic E-state index is -1.12. The molecular weight excluding hydrogens is 310 g/mol.